The highest BCUT2D eigenvalue weighted by Gasteiger charge is 1.94. The third-order valence-electron chi connectivity index (χ3n) is 1.36. The van der Waals surface area contributed by atoms with Gasteiger partial charge in [-0.05, 0) is 34.6 Å². The Morgan fingerprint density at radius 1 is 0.875 bits per heavy atom. The molecular weight excluding hydrogens is 208 g/mol. The number of aliphatic hydroxyl groups is 1. The highest BCUT2D eigenvalue weighted by atomic mass is 16.5. The number of ether oxygens (including phenoxy) is 3. The van der Waals surface area contributed by atoms with Crippen molar-refractivity contribution < 1.29 is 19.3 Å². The topological polar surface area (TPSA) is 47.9 Å². The quantitative estimate of drug-likeness (QED) is 0.653. The van der Waals surface area contributed by atoms with E-state index in [1.165, 1.54) is 0 Å². The van der Waals surface area contributed by atoms with Gasteiger partial charge in [-0.2, -0.15) is 0 Å². The second-order valence-corrected chi connectivity index (χ2v) is 3.77. The summed E-state index contributed by atoms with van der Waals surface area (Å²) in [6.45, 7) is 12.5. The van der Waals surface area contributed by atoms with Gasteiger partial charge in [0.15, 0.2) is 0 Å². The van der Waals surface area contributed by atoms with Crippen molar-refractivity contribution in [2.45, 2.75) is 46.8 Å². The van der Waals surface area contributed by atoms with Crippen LogP contribution in [0.3, 0.4) is 0 Å². The molecule has 0 aliphatic heterocycles. The Labute approximate surface area is 99.9 Å². The summed E-state index contributed by atoms with van der Waals surface area (Å²) < 4.78 is 15.1. The van der Waals surface area contributed by atoms with Gasteiger partial charge in [0.25, 0.3) is 0 Å². The molecule has 0 rings (SSSR count). The number of aliphatic hydroxyl groups excluding tert-OH is 1. The van der Waals surface area contributed by atoms with E-state index in [1.807, 2.05) is 34.6 Å². The van der Waals surface area contributed by atoms with Crippen molar-refractivity contribution in [3.05, 3.63) is 0 Å². The van der Waals surface area contributed by atoms with Crippen molar-refractivity contribution in [1.29, 1.82) is 0 Å². The van der Waals surface area contributed by atoms with Gasteiger partial charge in [0.2, 0.25) is 0 Å². The fourth-order valence-corrected chi connectivity index (χ4v) is 0.973. The van der Waals surface area contributed by atoms with E-state index in [1.54, 1.807) is 0 Å². The summed E-state index contributed by atoms with van der Waals surface area (Å²) in [5, 5.41) is 8.26. The van der Waals surface area contributed by atoms with E-state index in [4.69, 9.17) is 19.3 Å². The number of hydrogen-bond acceptors (Lipinski definition) is 4. The van der Waals surface area contributed by atoms with E-state index in [2.05, 4.69) is 0 Å². The predicted molar refractivity (Wildman–Crippen MR) is 65.8 cm³/mol. The Kier molecular flexibility index (Phi) is 16.9. The minimum atomic E-state index is 0.0894. The molecule has 16 heavy (non-hydrogen) atoms. The molecule has 0 heterocycles. The van der Waals surface area contributed by atoms with E-state index < -0.39 is 0 Å². The SMILES string of the molecule is CC(C)OC(C)C.CCOCCOCCO. The Balaban J connectivity index is 0. The van der Waals surface area contributed by atoms with Crippen LogP contribution in [0.25, 0.3) is 0 Å². The second kappa shape index (κ2) is 14.8. The van der Waals surface area contributed by atoms with Crippen LogP contribution >= 0.6 is 0 Å². The smallest absolute Gasteiger partial charge is 0.0701 e. The first kappa shape index (κ1) is 18.2. The van der Waals surface area contributed by atoms with Crippen LogP contribution in [0.15, 0.2) is 0 Å². The summed E-state index contributed by atoms with van der Waals surface area (Å²) in [7, 11) is 0. The molecule has 0 spiro atoms. The molecule has 4 nitrogen and oxygen atoms in total. The summed E-state index contributed by atoms with van der Waals surface area (Å²) in [6, 6.07) is 0. The fraction of sp³-hybridized carbons (Fsp3) is 1.00. The molecule has 0 radical (unpaired) electrons. The van der Waals surface area contributed by atoms with Crippen LogP contribution in [-0.4, -0.2) is 50.3 Å². The molecule has 0 aromatic rings. The lowest BCUT2D eigenvalue weighted by atomic mass is 10.4. The van der Waals surface area contributed by atoms with Gasteiger partial charge in [-0.25, -0.2) is 0 Å². The van der Waals surface area contributed by atoms with E-state index in [-0.39, 0.29) is 6.61 Å². The number of hydrogen-bond donors (Lipinski definition) is 1. The van der Waals surface area contributed by atoms with Gasteiger partial charge < -0.3 is 19.3 Å². The lowest BCUT2D eigenvalue weighted by Crippen LogP contribution is -2.09. The summed E-state index contributed by atoms with van der Waals surface area (Å²) in [4.78, 5) is 0. The minimum absolute atomic E-state index is 0.0894. The third-order valence-corrected chi connectivity index (χ3v) is 1.36. The molecular formula is C12H28O4. The average Bonchev–Trinajstić information content (AvgIpc) is 2.16. The van der Waals surface area contributed by atoms with Gasteiger partial charge in [-0.3, -0.25) is 0 Å². The molecule has 0 aromatic heterocycles. The summed E-state index contributed by atoms with van der Waals surface area (Å²) in [5.41, 5.74) is 0. The van der Waals surface area contributed by atoms with Crippen molar-refractivity contribution in [3.63, 3.8) is 0 Å². The molecule has 4 heteroatoms. The molecule has 1 N–H and O–H groups in total. The summed E-state index contributed by atoms with van der Waals surface area (Å²) in [5.74, 6) is 0. The largest absolute Gasteiger partial charge is 0.394 e. The molecule has 0 unspecified atom stereocenters. The van der Waals surface area contributed by atoms with Crippen LogP contribution in [0.1, 0.15) is 34.6 Å². The standard InChI is InChI=1S/C6H14O3.C6H14O/c1-2-8-5-6-9-4-3-7;1-5(2)7-6(3)4/h7H,2-6H2,1H3;5-6H,1-4H3. The van der Waals surface area contributed by atoms with Gasteiger partial charge in [0.05, 0.1) is 38.6 Å². The second-order valence-electron chi connectivity index (χ2n) is 3.77. The zero-order chi connectivity index (χ0) is 12.8. The third kappa shape index (κ3) is 23.6. The zero-order valence-electron chi connectivity index (χ0n) is 11.4. The molecule has 0 amide bonds. The molecule has 0 fully saturated rings. The van der Waals surface area contributed by atoms with Crippen LogP contribution in [0.5, 0.6) is 0 Å². The first-order chi connectivity index (χ1) is 7.54. The summed E-state index contributed by atoms with van der Waals surface area (Å²) >= 11 is 0. The van der Waals surface area contributed by atoms with Crippen molar-refractivity contribution in [3.8, 4) is 0 Å². The Morgan fingerprint density at radius 2 is 1.38 bits per heavy atom. The van der Waals surface area contributed by atoms with Crippen LogP contribution in [0.2, 0.25) is 0 Å². The Morgan fingerprint density at radius 3 is 1.69 bits per heavy atom. The van der Waals surface area contributed by atoms with Crippen LogP contribution in [0, 0.1) is 0 Å². The normalized spacial score (nSPS) is 10.5. The fourth-order valence-electron chi connectivity index (χ4n) is 0.973. The maximum absolute atomic E-state index is 8.26. The first-order valence-electron chi connectivity index (χ1n) is 5.96. The van der Waals surface area contributed by atoms with Crippen molar-refractivity contribution in [2.24, 2.45) is 0 Å². The maximum atomic E-state index is 8.26. The lowest BCUT2D eigenvalue weighted by Gasteiger charge is -2.09. The van der Waals surface area contributed by atoms with E-state index in [0.717, 1.165) is 6.61 Å². The van der Waals surface area contributed by atoms with Crippen molar-refractivity contribution >= 4 is 0 Å². The molecule has 0 aliphatic rings. The average molecular weight is 236 g/mol. The van der Waals surface area contributed by atoms with E-state index in [0.29, 0.717) is 32.0 Å². The predicted octanol–water partition coefficient (Wildman–Crippen LogP) is 1.85. The van der Waals surface area contributed by atoms with Crippen LogP contribution in [-0.2, 0) is 14.2 Å². The molecule has 0 aromatic carbocycles. The van der Waals surface area contributed by atoms with Crippen molar-refractivity contribution in [2.75, 3.05) is 33.0 Å². The monoisotopic (exact) mass is 236 g/mol. The molecule has 0 saturated carbocycles. The molecule has 100 valence electrons. The molecule has 0 bridgehead atoms. The highest BCUT2D eigenvalue weighted by molar-refractivity contribution is 4.40. The zero-order valence-corrected chi connectivity index (χ0v) is 11.4. The summed E-state index contributed by atoms with van der Waals surface area (Å²) in [6.07, 6.45) is 0.750. The first-order valence-corrected chi connectivity index (χ1v) is 5.96. The minimum Gasteiger partial charge on any atom is -0.394 e. The highest BCUT2D eigenvalue weighted by Crippen LogP contribution is 1.93. The molecule has 0 saturated heterocycles. The lowest BCUT2D eigenvalue weighted by molar-refractivity contribution is 0.0300. The van der Waals surface area contributed by atoms with Gasteiger partial charge >= 0.3 is 0 Å². The Bertz CT molecular complexity index is 104. The van der Waals surface area contributed by atoms with Gasteiger partial charge in [-0.1, -0.05) is 0 Å². The van der Waals surface area contributed by atoms with Gasteiger partial charge in [-0.15, -0.1) is 0 Å². The maximum Gasteiger partial charge on any atom is 0.0701 e. The van der Waals surface area contributed by atoms with Crippen LogP contribution < -0.4 is 0 Å². The van der Waals surface area contributed by atoms with Crippen LogP contribution in [0.4, 0.5) is 0 Å². The van der Waals surface area contributed by atoms with E-state index in [9.17, 15) is 0 Å². The Hall–Kier alpha value is -0.160. The van der Waals surface area contributed by atoms with E-state index >= 15 is 0 Å². The molecule has 0 atom stereocenters. The van der Waals surface area contributed by atoms with Gasteiger partial charge in [0, 0.05) is 6.61 Å². The van der Waals surface area contributed by atoms with Crippen molar-refractivity contribution in [1.82, 2.24) is 0 Å². The molecule has 0 aliphatic carbocycles. The van der Waals surface area contributed by atoms with Gasteiger partial charge in [0.1, 0.15) is 0 Å². The number of rotatable bonds is 8.